The number of carboxylic acids is 1. The molecule has 1 aromatic carbocycles. The van der Waals surface area contributed by atoms with Crippen molar-refractivity contribution in [2.45, 2.75) is 46.3 Å². The number of aromatic nitrogens is 3. The van der Waals surface area contributed by atoms with Crippen LogP contribution < -0.4 is 0 Å². The SMILES string of the molecule is C=Cc1ccccc1-c1c(C(OC(C)(C)C)C(=O)OCC)c(C)nc2cc(C(=O)O)nn12. The second kappa shape index (κ2) is 8.92. The first kappa shape index (κ1) is 23.1. The Morgan fingerprint density at radius 2 is 1.97 bits per heavy atom. The molecule has 0 bridgehead atoms. The van der Waals surface area contributed by atoms with Gasteiger partial charge >= 0.3 is 11.9 Å². The number of hydrogen-bond donors (Lipinski definition) is 1. The van der Waals surface area contributed by atoms with Gasteiger partial charge in [-0.15, -0.1) is 0 Å². The summed E-state index contributed by atoms with van der Waals surface area (Å²) in [5.74, 6) is -1.74. The maximum Gasteiger partial charge on any atom is 0.356 e. The molecule has 2 aromatic heterocycles. The number of ether oxygens (including phenoxy) is 2. The van der Waals surface area contributed by atoms with Crippen molar-refractivity contribution in [3.05, 3.63) is 59.4 Å². The number of esters is 1. The fourth-order valence-corrected chi connectivity index (χ4v) is 3.50. The minimum absolute atomic E-state index is 0.157. The molecule has 32 heavy (non-hydrogen) atoms. The van der Waals surface area contributed by atoms with Gasteiger partial charge in [0.2, 0.25) is 0 Å². The molecule has 0 amide bonds. The van der Waals surface area contributed by atoms with E-state index < -0.39 is 23.6 Å². The predicted octanol–water partition coefficient (Wildman–Crippen LogP) is 4.47. The average Bonchev–Trinajstić information content (AvgIpc) is 3.14. The van der Waals surface area contributed by atoms with Crippen molar-refractivity contribution in [2.75, 3.05) is 6.61 Å². The molecule has 0 radical (unpaired) electrons. The fourth-order valence-electron chi connectivity index (χ4n) is 3.50. The fraction of sp³-hybridized carbons (Fsp3) is 0.333. The summed E-state index contributed by atoms with van der Waals surface area (Å²) >= 11 is 0. The Morgan fingerprint density at radius 3 is 2.56 bits per heavy atom. The minimum Gasteiger partial charge on any atom is -0.476 e. The Balaban J connectivity index is 2.45. The molecule has 1 atom stereocenters. The Bertz CT molecular complexity index is 1190. The molecule has 1 unspecified atom stereocenters. The van der Waals surface area contributed by atoms with Crippen molar-refractivity contribution in [1.29, 1.82) is 0 Å². The molecule has 0 aliphatic rings. The molecule has 0 saturated heterocycles. The molecule has 3 aromatic rings. The number of aromatic carboxylic acids is 1. The summed E-state index contributed by atoms with van der Waals surface area (Å²) in [7, 11) is 0. The number of nitrogens with zero attached hydrogens (tertiary/aromatic N) is 3. The van der Waals surface area contributed by atoms with Crippen LogP contribution in [-0.2, 0) is 14.3 Å². The van der Waals surface area contributed by atoms with E-state index in [1.165, 1.54) is 10.6 Å². The standard InChI is InChI=1S/C24H27N3O5/c1-7-15-11-9-10-12-16(15)20-19(21(23(30)31-8-2)32-24(4,5)6)14(3)25-18-13-17(22(28)29)26-27(18)20/h7,9-13,21H,1,8H2,2-6H3,(H,28,29). The number of rotatable bonds is 7. The number of carbonyl (C=O) groups excluding carboxylic acids is 1. The van der Waals surface area contributed by atoms with Crippen LogP contribution in [-0.4, -0.2) is 43.9 Å². The molecule has 0 saturated carbocycles. The largest absolute Gasteiger partial charge is 0.476 e. The highest BCUT2D eigenvalue weighted by molar-refractivity contribution is 5.88. The third-order valence-corrected chi connectivity index (χ3v) is 4.72. The van der Waals surface area contributed by atoms with E-state index in [0.717, 1.165) is 5.56 Å². The summed E-state index contributed by atoms with van der Waals surface area (Å²) in [5, 5.41) is 13.8. The van der Waals surface area contributed by atoms with Gasteiger partial charge in [-0.05, 0) is 40.2 Å². The van der Waals surface area contributed by atoms with Crippen LogP contribution in [0.1, 0.15) is 61.1 Å². The predicted molar refractivity (Wildman–Crippen MR) is 120 cm³/mol. The molecule has 3 rings (SSSR count). The lowest BCUT2D eigenvalue weighted by Crippen LogP contribution is -2.30. The van der Waals surface area contributed by atoms with Crippen LogP contribution in [0.4, 0.5) is 0 Å². The molecule has 0 spiro atoms. The van der Waals surface area contributed by atoms with Crippen molar-refractivity contribution in [1.82, 2.24) is 14.6 Å². The van der Waals surface area contributed by atoms with E-state index in [9.17, 15) is 14.7 Å². The van der Waals surface area contributed by atoms with Gasteiger partial charge in [-0.3, -0.25) is 0 Å². The van der Waals surface area contributed by atoms with Crippen LogP contribution in [0, 0.1) is 6.92 Å². The van der Waals surface area contributed by atoms with Crippen LogP contribution >= 0.6 is 0 Å². The number of hydrogen-bond acceptors (Lipinski definition) is 6. The zero-order valence-electron chi connectivity index (χ0n) is 18.9. The van der Waals surface area contributed by atoms with E-state index in [-0.39, 0.29) is 12.3 Å². The second-order valence-corrected chi connectivity index (χ2v) is 8.22. The maximum absolute atomic E-state index is 13.0. The third-order valence-electron chi connectivity index (χ3n) is 4.72. The van der Waals surface area contributed by atoms with Gasteiger partial charge in [0.15, 0.2) is 17.4 Å². The summed E-state index contributed by atoms with van der Waals surface area (Å²) in [6, 6.07) is 8.84. The number of fused-ring (bicyclic) bond motifs is 1. The Kier molecular flexibility index (Phi) is 6.45. The maximum atomic E-state index is 13.0. The van der Waals surface area contributed by atoms with Crippen molar-refractivity contribution in [3.8, 4) is 11.3 Å². The number of benzene rings is 1. The Hall–Kier alpha value is -3.52. The smallest absolute Gasteiger partial charge is 0.356 e. The summed E-state index contributed by atoms with van der Waals surface area (Å²) in [6.45, 7) is 13.1. The van der Waals surface area contributed by atoms with Crippen molar-refractivity contribution < 1.29 is 24.2 Å². The highest BCUT2D eigenvalue weighted by atomic mass is 16.6. The van der Waals surface area contributed by atoms with E-state index in [4.69, 9.17) is 9.47 Å². The van der Waals surface area contributed by atoms with Gasteiger partial charge in [0.25, 0.3) is 0 Å². The van der Waals surface area contributed by atoms with Crippen molar-refractivity contribution in [3.63, 3.8) is 0 Å². The molecule has 0 fully saturated rings. The minimum atomic E-state index is -1.18. The first-order valence-electron chi connectivity index (χ1n) is 10.3. The van der Waals surface area contributed by atoms with E-state index in [1.807, 2.05) is 45.0 Å². The lowest BCUT2D eigenvalue weighted by atomic mass is 9.95. The number of carbonyl (C=O) groups is 2. The van der Waals surface area contributed by atoms with Crippen LogP contribution in [0.3, 0.4) is 0 Å². The van der Waals surface area contributed by atoms with Gasteiger partial charge in [-0.25, -0.2) is 19.1 Å². The number of carboxylic acid groups (broad SMARTS) is 1. The van der Waals surface area contributed by atoms with Crippen molar-refractivity contribution in [2.24, 2.45) is 0 Å². The molecule has 8 nitrogen and oxygen atoms in total. The third kappa shape index (κ3) is 4.55. The second-order valence-electron chi connectivity index (χ2n) is 8.22. The lowest BCUT2D eigenvalue weighted by Gasteiger charge is -2.29. The van der Waals surface area contributed by atoms with Crippen molar-refractivity contribution >= 4 is 23.7 Å². The molecular formula is C24H27N3O5. The summed E-state index contributed by atoms with van der Waals surface area (Å²) in [6.07, 6.45) is 0.587. The topological polar surface area (TPSA) is 103 Å². The highest BCUT2D eigenvalue weighted by Crippen LogP contribution is 2.37. The van der Waals surface area contributed by atoms with Gasteiger partial charge in [-0.2, -0.15) is 5.10 Å². The van der Waals surface area contributed by atoms with E-state index >= 15 is 0 Å². The van der Waals surface area contributed by atoms with Gasteiger partial charge in [0, 0.05) is 22.9 Å². The average molecular weight is 437 g/mol. The van der Waals surface area contributed by atoms with E-state index in [1.54, 1.807) is 19.9 Å². The summed E-state index contributed by atoms with van der Waals surface area (Å²) in [5.41, 5.74) is 2.46. The molecule has 0 aliphatic heterocycles. The first-order valence-corrected chi connectivity index (χ1v) is 10.3. The van der Waals surface area contributed by atoms with Crippen LogP contribution in [0.2, 0.25) is 0 Å². The van der Waals surface area contributed by atoms with Gasteiger partial charge in [-0.1, -0.05) is 36.9 Å². The van der Waals surface area contributed by atoms with Gasteiger partial charge in [0.05, 0.1) is 17.9 Å². The van der Waals surface area contributed by atoms with E-state index in [0.29, 0.717) is 28.2 Å². The molecule has 2 heterocycles. The molecule has 1 N–H and O–H groups in total. The summed E-state index contributed by atoms with van der Waals surface area (Å²) in [4.78, 5) is 29.2. The Morgan fingerprint density at radius 1 is 1.28 bits per heavy atom. The molecular weight excluding hydrogens is 410 g/mol. The zero-order valence-corrected chi connectivity index (χ0v) is 18.9. The quantitative estimate of drug-likeness (QED) is 0.544. The van der Waals surface area contributed by atoms with Crippen LogP contribution in [0.15, 0.2) is 36.9 Å². The molecule has 168 valence electrons. The molecule has 8 heteroatoms. The molecule has 0 aliphatic carbocycles. The first-order chi connectivity index (χ1) is 15.1. The highest BCUT2D eigenvalue weighted by Gasteiger charge is 2.34. The monoisotopic (exact) mass is 437 g/mol. The van der Waals surface area contributed by atoms with Crippen LogP contribution in [0.5, 0.6) is 0 Å². The van der Waals surface area contributed by atoms with Gasteiger partial charge in [0.1, 0.15) is 0 Å². The Labute approximate surface area is 186 Å². The summed E-state index contributed by atoms with van der Waals surface area (Å²) < 4.78 is 12.9. The van der Waals surface area contributed by atoms with Gasteiger partial charge < -0.3 is 14.6 Å². The van der Waals surface area contributed by atoms with Crippen LogP contribution in [0.25, 0.3) is 23.0 Å². The number of aryl methyl sites for hydroxylation is 1. The normalized spacial score (nSPS) is 12.5. The zero-order chi connectivity index (χ0) is 23.6. The van der Waals surface area contributed by atoms with E-state index in [2.05, 4.69) is 16.7 Å². The lowest BCUT2D eigenvalue weighted by molar-refractivity contribution is -0.166.